The number of nitrogens with zero attached hydrogens (tertiary/aromatic N) is 2. The van der Waals surface area contributed by atoms with Crippen molar-refractivity contribution in [3.8, 4) is 0 Å². The summed E-state index contributed by atoms with van der Waals surface area (Å²) in [4.78, 5) is 116. The number of carbonyl (C=O) groups is 9. The molecule has 1 fully saturated rings. The average Bonchev–Trinajstić information content (AvgIpc) is 4.16. The Balaban J connectivity index is 1.64. The molecule has 1 aromatic carbocycles. The van der Waals surface area contributed by atoms with Crippen LogP contribution < -0.4 is 31.9 Å². The van der Waals surface area contributed by atoms with Crippen molar-refractivity contribution in [2.75, 3.05) is 72.1 Å². The van der Waals surface area contributed by atoms with Gasteiger partial charge in [0.15, 0.2) is 0 Å². The zero-order valence-electron chi connectivity index (χ0n) is 51.4. The summed E-state index contributed by atoms with van der Waals surface area (Å²) in [6.07, 6.45) is 41.9. The Morgan fingerprint density at radius 1 is 0.446 bits per heavy atom. The van der Waals surface area contributed by atoms with Crippen LogP contribution in [-0.2, 0) is 59.2 Å². The molecule has 1 aromatic rings. The van der Waals surface area contributed by atoms with Crippen LogP contribution >= 0.6 is 0 Å². The first kappa shape index (κ1) is 73.5. The number of amides is 8. The first-order valence-corrected chi connectivity index (χ1v) is 32.4. The molecule has 19 nitrogen and oxygen atoms in total. The van der Waals surface area contributed by atoms with Crippen LogP contribution in [-0.4, -0.2) is 141 Å². The van der Waals surface area contributed by atoms with E-state index in [2.05, 4.69) is 45.7 Å². The predicted molar refractivity (Wildman–Crippen MR) is 326 cm³/mol. The van der Waals surface area contributed by atoms with Crippen molar-refractivity contribution in [1.82, 2.24) is 41.7 Å². The van der Waals surface area contributed by atoms with E-state index < -0.39 is 99.2 Å². The number of esters is 1. The van der Waals surface area contributed by atoms with Crippen molar-refractivity contribution in [2.24, 2.45) is 0 Å². The molecule has 0 saturated carbocycles. The molecule has 0 aliphatic carbocycles. The lowest BCUT2D eigenvalue weighted by Crippen LogP contribution is -2.51. The van der Waals surface area contributed by atoms with Gasteiger partial charge in [-0.05, 0) is 31.2 Å². The van der Waals surface area contributed by atoms with Crippen LogP contribution in [0.25, 0.3) is 0 Å². The molecule has 0 bridgehead atoms. The summed E-state index contributed by atoms with van der Waals surface area (Å²) in [6.45, 7) is 2.85. The Morgan fingerprint density at radius 2 is 0.819 bits per heavy atom. The first-order valence-electron chi connectivity index (χ1n) is 32.4. The molecule has 1 aliphatic rings. The fourth-order valence-electron chi connectivity index (χ4n) is 10.1. The Morgan fingerprint density at radius 3 is 1.25 bits per heavy atom. The van der Waals surface area contributed by atoms with Gasteiger partial charge in [-0.1, -0.05) is 237 Å². The zero-order valence-corrected chi connectivity index (χ0v) is 51.4. The lowest BCUT2D eigenvalue weighted by Gasteiger charge is -2.24. The second-order valence-corrected chi connectivity index (χ2v) is 22.5. The van der Waals surface area contributed by atoms with E-state index in [1.165, 1.54) is 172 Å². The maximum absolute atomic E-state index is 13.4. The molecule has 1 aliphatic heterocycles. The number of hydrogen-bond acceptors (Lipinski definition) is 11. The molecule has 83 heavy (non-hydrogen) atoms. The van der Waals surface area contributed by atoms with Crippen LogP contribution in [0.3, 0.4) is 0 Å². The number of likely N-dealkylation sites (tertiary alicyclic amines) is 1. The molecule has 1 heterocycles. The standard InChI is InChI=1S/C64H110N8O11/c1-3-5-7-9-11-13-15-17-19-21-23-25-27-29-31-36-42-71(43-37-32-30-28-26-24-22-20-18-16-14-12-10-8-6-4-2)62(79)53-82-52-60(77)67-47-57(74)68-49-61(78)72-44-38-41-55(72)64(81)70-48-59(76)66-45-56(73)65-46-58(75)69-50-63(80)83-51-54-39-34-33-35-40-54/h33-35,39-40,55H,3-32,36-38,41-53H2,1-2H3,(H,65,73)(H,66,76)(H,67,77)(H,68,74)(H,69,75)(H,70,81)/t55-/m0/s1. The summed E-state index contributed by atoms with van der Waals surface area (Å²) >= 11 is 0. The third-order valence-electron chi connectivity index (χ3n) is 15.1. The maximum Gasteiger partial charge on any atom is 0.325 e. The molecule has 472 valence electrons. The number of unbranched alkanes of at least 4 members (excludes halogenated alkanes) is 30. The molecule has 0 unspecified atom stereocenters. The van der Waals surface area contributed by atoms with Crippen molar-refractivity contribution in [3.05, 3.63) is 35.9 Å². The van der Waals surface area contributed by atoms with Gasteiger partial charge in [-0.15, -0.1) is 0 Å². The molecule has 0 radical (unpaired) electrons. The molecule has 8 amide bonds. The molecule has 19 heteroatoms. The minimum Gasteiger partial charge on any atom is -0.460 e. The zero-order chi connectivity index (χ0) is 60.2. The minimum atomic E-state index is -0.886. The smallest absolute Gasteiger partial charge is 0.325 e. The lowest BCUT2D eigenvalue weighted by atomic mass is 10.0. The number of carbonyl (C=O) groups excluding carboxylic acids is 9. The summed E-state index contributed by atoms with van der Waals surface area (Å²) in [6, 6.07) is 8.13. The Kier molecular flexibility index (Phi) is 45.1. The molecular weight excluding hydrogens is 1060 g/mol. The maximum atomic E-state index is 13.4. The third-order valence-corrected chi connectivity index (χ3v) is 15.1. The van der Waals surface area contributed by atoms with Gasteiger partial charge in [0.05, 0.1) is 32.7 Å². The molecule has 6 N–H and O–H groups in total. The van der Waals surface area contributed by atoms with Gasteiger partial charge in [0, 0.05) is 19.6 Å². The van der Waals surface area contributed by atoms with E-state index in [0.29, 0.717) is 25.9 Å². The van der Waals surface area contributed by atoms with Crippen LogP contribution in [0, 0.1) is 0 Å². The number of nitrogens with one attached hydrogen (secondary N) is 6. The summed E-state index contributed by atoms with van der Waals surface area (Å²) < 4.78 is 10.6. The summed E-state index contributed by atoms with van der Waals surface area (Å²) in [5, 5.41) is 14.4. The highest BCUT2D eigenvalue weighted by molar-refractivity contribution is 5.94. The Labute approximate surface area is 498 Å². The van der Waals surface area contributed by atoms with Crippen molar-refractivity contribution in [2.45, 2.75) is 245 Å². The van der Waals surface area contributed by atoms with E-state index in [0.717, 1.165) is 44.1 Å². The number of ether oxygens (including phenoxy) is 2. The molecule has 1 atom stereocenters. The van der Waals surface area contributed by atoms with Crippen LogP contribution in [0.1, 0.15) is 238 Å². The predicted octanol–water partition coefficient (Wildman–Crippen LogP) is 8.79. The fourth-order valence-corrected chi connectivity index (χ4v) is 10.1. The molecule has 0 spiro atoms. The normalized spacial score (nSPS) is 12.8. The van der Waals surface area contributed by atoms with Gasteiger partial charge in [0.2, 0.25) is 47.3 Å². The van der Waals surface area contributed by atoms with Crippen LogP contribution in [0.4, 0.5) is 0 Å². The monoisotopic (exact) mass is 1170 g/mol. The number of benzene rings is 1. The SMILES string of the molecule is CCCCCCCCCCCCCCCCCCN(CCCCCCCCCCCCCCCCCC)C(=O)COCC(=O)NCC(=O)NCC(=O)N1CCC[C@H]1C(=O)NCC(=O)NCC(=O)NCC(=O)NCC(=O)OCc1ccccc1. The minimum absolute atomic E-state index is 0.0508. The van der Waals surface area contributed by atoms with Gasteiger partial charge in [-0.3, -0.25) is 43.2 Å². The summed E-state index contributed by atoms with van der Waals surface area (Å²) in [7, 11) is 0. The largest absolute Gasteiger partial charge is 0.460 e. The van der Waals surface area contributed by atoms with Gasteiger partial charge < -0.3 is 51.2 Å². The van der Waals surface area contributed by atoms with Crippen molar-refractivity contribution >= 4 is 53.2 Å². The molecule has 0 aromatic heterocycles. The molecular formula is C64H110N8O11. The van der Waals surface area contributed by atoms with Gasteiger partial charge in [0.1, 0.15) is 32.4 Å². The highest BCUT2D eigenvalue weighted by Gasteiger charge is 2.34. The van der Waals surface area contributed by atoms with E-state index in [1.54, 1.807) is 24.3 Å². The second kappa shape index (κ2) is 50.9. The van der Waals surface area contributed by atoms with Crippen molar-refractivity contribution in [3.63, 3.8) is 0 Å². The quantitative estimate of drug-likeness (QED) is 0.0266. The lowest BCUT2D eigenvalue weighted by molar-refractivity contribution is -0.145. The average molecular weight is 1170 g/mol. The molecule has 2 rings (SSSR count). The van der Waals surface area contributed by atoms with Crippen LogP contribution in [0.5, 0.6) is 0 Å². The van der Waals surface area contributed by atoms with E-state index in [4.69, 9.17) is 9.47 Å². The molecule has 1 saturated heterocycles. The van der Waals surface area contributed by atoms with Gasteiger partial charge in [0.25, 0.3) is 0 Å². The Hall–Kier alpha value is -5.59. The van der Waals surface area contributed by atoms with E-state index >= 15 is 0 Å². The number of rotatable bonds is 53. The second-order valence-electron chi connectivity index (χ2n) is 22.5. The van der Waals surface area contributed by atoms with Gasteiger partial charge in [-0.2, -0.15) is 0 Å². The number of hydrogen-bond donors (Lipinski definition) is 6. The van der Waals surface area contributed by atoms with Crippen LogP contribution in [0.15, 0.2) is 30.3 Å². The van der Waals surface area contributed by atoms with Crippen LogP contribution in [0.2, 0.25) is 0 Å². The van der Waals surface area contributed by atoms with Gasteiger partial charge >= 0.3 is 5.97 Å². The fraction of sp³-hybridized carbons (Fsp3) is 0.766. The highest BCUT2D eigenvalue weighted by Crippen LogP contribution is 2.19. The van der Waals surface area contributed by atoms with Crippen molar-refractivity contribution < 1.29 is 52.6 Å². The van der Waals surface area contributed by atoms with E-state index in [1.807, 2.05) is 11.0 Å². The summed E-state index contributed by atoms with van der Waals surface area (Å²) in [5.74, 6) is -5.15. The highest BCUT2D eigenvalue weighted by atomic mass is 16.5. The van der Waals surface area contributed by atoms with Crippen molar-refractivity contribution in [1.29, 1.82) is 0 Å². The van der Waals surface area contributed by atoms with E-state index in [-0.39, 0.29) is 25.7 Å². The third kappa shape index (κ3) is 41.1. The summed E-state index contributed by atoms with van der Waals surface area (Å²) in [5.41, 5.74) is 0.788. The van der Waals surface area contributed by atoms with Gasteiger partial charge in [-0.25, -0.2) is 0 Å². The topological polar surface area (TPSA) is 251 Å². The Bertz CT molecular complexity index is 1910. The first-order chi connectivity index (χ1) is 40.4. The van der Waals surface area contributed by atoms with E-state index in [9.17, 15) is 43.2 Å².